The van der Waals surface area contributed by atoms with E-state index in [1.54, 1.807) is 24.5 Å². The van der Waals surface area contributed by atoms with Gasteiger partial charge in [-0.2, -0.15) is 0 Å². The topological polar surface area (TPSA) is 87.2 Å². The Hall–Kier alpha value is -2.96. The van der Waals surface area contributed by atoms with Crippen molar-refractivity contribution in [1.82, 2.24) is 20.2 Å². The first-order chi connectivity index (χ1) is 12.7. The number of rotatable bonds is 7. The van der Waals surface area contributed by atoms with Crippen LogP contribution >= 0.6 is 0 Å². The molecule has 0 saturated carbocycles. The highest BCUT2D eigenvalue weighted by Gasteiger charge is 2.17. The molecule has 7 nitrogen and oxygen atoms in total. The Labute approximate surface area is 152 Å². The van der Waals surface area contributed by atoms with Gasteiger partial charge in [-0.25, -0.2) is 0 Å². The minimum atomic E-state index is -0.257. The van der Waals surface area contributed by atoms with Crippen molar-refractivity contribution in [3.8, 4) is 0 Å². The molecular weight excluding hydrogens is 330 g/mol. The molecule has 7 heteroatoms. The van der Waals surface area contributed by atoms with E-state index in [2.05, 4.69) is 20.6 Å². The predicted octanol–water partition coefficient (Wildman–Crippen LogP) is 1.83. The van der Waals surface area contributed by atoms with Gasteiger partial charge in [-0.05, 0) is 37.1 Å². The molecule has 0 atom stereocenters. The number of anilines is 1. The quantitative estimate of drug-likeness (QED) is 0.793. The number of likely N-dealkylation sites (tertiary alicyclic amines) is 1. The van der Waals surface area contributed by atoms with Crippen LogP contribution in [-0.2, 0) is 11.3 Å². The van der Waals surface area contributed by atoms with E-state index >= 15 is 0 Å². The van der Waals surface area contributed by atoms with E-state index in [1.165, 1.54) is 0 Å². The fraction of sp³-hybridized carbons (Fsp3) is 0.368. The Morgan fingerprint density at radius 1 is 1.08 bits per heavy atom. The van der Waals surface area contributed by atoms with Gasteiger partial charge in [0.05, 0.1) is 12.2 Å². The van der Waals surface area contributed by atoms with Gasteiger partial charge in [0.2, 0.25) is 5.91 Å². The molecule has 3 heterocycles. The van der Waals surface area contributed by atoms with Gasteiger partial charge in [-0.1, -0.05) is 6.07 Å². The van der Waals surface area contributed by atoms with Crippen LogP contribution in [0.2, 0.25) is 0 Å². The highest BCUT2D eigenvalue weighted by molar-refractivity contribution is 5.93. The molecular formula is C19H23N5O2. The molecule has 0 aliphatic carbocycles. The molecule has 1 aliphatic heterocycles. The van der Waals surface area contributed by atoms with Gasteiger partial charge in [0, 0.05) is 44.1 Å². The lowest BCUT2D eigenvalue weighted by atomic mass is 10.2. The molecule has 0 radical (unpaired) electrons. The van der Waals surface area contributed by atoms with Crippen LogP contribution in [0.15, 0.2) is 42.7 Å². The third-order valence-electron chi connectivity index (χ3n) is 4.28. The summed E-state index contributed by atoms with van der Waals surface area (Å²) >= 11 is 0. The number of nitrogens with zero attached hydrogens (tertiary/aromatic N) is 3. The van der Waals surface area contributed by atoms with Crippen molar-refractivity contribution in [2.24, 2.45) is 0 Å². The number of hydrogen-bond acceptors (Lipinski definition) is 5. The first kappa shape index (κ1) is 17.8. The molecule has 0 unspecified atom stereocenters. The van der Waals surface area contributed by atoms with Crippen LogP contribution in [0.5, 0.6) is 0 Å². The first-order valence-electron chi connectivity index (χ1n) is 8.88. The maximum absolute atomic E-state index is 12.2. The van der Waals surface area contributed by atoms with Crippen LogP contribution in [0.3, 0.4) is 0 Å². The van der Waals surface area contributed by atoms with Crippen LogP contribution in [0.1, 0.15) is 35.4 Å². The SMILES string of the molecule is O=C(NCc1ccccn1)c1cc(NCCC(=O)N2CCCC2)ccn1. The Morgan fingerprint density at radius 3 is 2.69 bits per heavy atom. The minimum Gasteiger partial charge on any atom is -0.384 e. The monoisotopic (exact) mass is 353 g/mol. The summed E-state index contributed by atoms with van der Waals surface area (Å²) in [7, 11) is 0. The highest BCUT2D eigenvalue weighted by atomic mass is 16.2. The smallest absolute Gasteiger partial charge is 0.270 e. The molecule has 26 heavy (non-hydrogen) atoms. The summed E-state index contributed by atoms with van der Waals surface area (Å²) in [5.74, 6) is -0.0789. The van der Waals surface area contributed by atoms with Crippen molar-refractivity contribution in [1.29, 1.82) is 0 Å². The Kier molecular flexibility index (Phi) is 6.14. The Morgan fingerprint density at radius 2 is 1.92 bits per heavy atom. The van der Waals surface area contributed by atoms with Crippen molar-refractivity contribution in [3.63, 3.8) is 0 Å². The average Bonchev–Trinajstić information content (AvgIpc) is 3.22. The summed E-state index contributed by atoms with van der Waals surface area (Å²) in [5, 5.41) is 5.99. The van der Waals surface area contributed by atoms with Gasteiger partial charge < -0.3 is 15.5 Å². The summed E-state index contributed by atoms with van der Waals surface area (Å²) in [6.45, 7) is 2.63. The van der Waals surface area contributed by atoms with E-state index in [4.69, 9.17) is 0 Å². The van der Waals surface area contributed by atoms with E-state index in [0.717, 1.165) is 37.3 Å². The molecule has 0 bridgehead atoms. The fourth-order valence-electron chi connectivity index (χ4n) is 2.87. The second-order valence-corrected chi connectivity index (χ2v) is 6.20. The van der Waals surface area contributed by atoms with Gasteiger partial charge in [0.1, 0.15) is 5.69 Å². The Bertz CT molecular complexity index is 745. The van der Waals surface area contributed by atoms with E-state index < -0.39 is 0 Å². The standard InChI is InChI=1S/C19H23N5O2/c25-18(24-11-3-4-12-24)7-10-21-15-6-9-22-17(13-15)19(26)23-14-16-5-1-2-8-20-16/h1-2,5-6,8-9,13H,3-4,7,10-12,14H2,(H,21,22)(H,23,26). The minimum absolute atomic E-state index is 0.178. The zero-order chi connectivity index (χ0) is 18.2. The summed E-state index contributed by atoms with van der Waals surface area (Å²) in [5.41, 5.74) is 1.89. The first-order valence-corrected chi connectivity index (χ1v) is 8.88. The van der Waals surface area contributed by atoms with Gasteiger partial charge >= 0.3 is 0 Å². The maximum Gasteiger partial charge on any atom is 0.270 e. The number of carbonyl (C=O) groups is 2. The van der Waals surface area contributed by atoms with Gasteiger partial charge in [0.25, 0.3) is 5.91 Å². The lowest BCUT2D eigenvalue weighted by Crippen LogP contribution is -2.29. The van der Waals surface area contributed by atoms with Crippen LogP contribution in [0.25, 0.3) is 0 Å². The third-order valence-corrected chi connectivity index (χ3v) is 4.28. The molecule has 2 N–H and O–H groups in total. The lowest BCUT2D eigenvalue weighted by molar-refractivity contribution is -0.129. The van der Waals surface area contributed by atoms with Gasteiger partial charge in [-0.15, -0.1) is 0 Å². The molecule has 0 aromatic carbocycles. The predicted molar refractivity (Wildman–Crippen MR) is 98.6 cm³/mol. The van der Waals surface area contributed by atoms with Crippen molar-refractivity contribution in [2.75, 3.05) is 25.0 Å². The van der Waals surface area contributed by atoms with Crippen molar-refractivity contribution >= 4 is 17.5 Å². The molecule has 2 aromatic heterocycles. The summed E-state index contributed by atoms with van der Waals surface area (Å²) in [6, 6.07) is 9.03. The molecule has 136 valence electrons. The Balaban J connectivity index is 1.47. The maximum atomic E-state index is 12.2. The highest BCUT2D eigenvalue weighted by Crippen LogP contribution is 2.11. The van der Waals surface area contributed by atoms with Crippen molar-refractivity contribution in [3.05, 3.63) is 54.1 Å². The van der Waals surface area contributed by atoms with Crippen molar-refractivity contribution < 1.29 is 9.59 Å². The van der Waals surface area contributed by atoms with E-state index in [9.17, 15) is 9.59 Å². The number of hydrogen-bond donors (Lipinski definition) is 2. The van der Waals surface area contributed by atoms with E-state index in [1.807, 2.05) is 23.1 Å². The van der Waals surface area contributed by atoms with Crippen LogP contribution in [0.4, 0.5) is 5.69 Å². The number of carbonyl (C=O) groups excluding carboxylic acids is 2. The summed E-state index contributed by atoms with van der Waals surface area (Å²) in [6.07, 6.45) is 5.92. The molecule has 0 spiro atoms. The van der Waals surface area contributed by atoms with E-state index in [0.29, 0.717) is 25.2 Å². The summed E-state index contributed by atoms with van der Waals surface area (Å²) in [4.78, 5) is 34.5. The third kappa shape index (κ3) is 5.02. The number of amides is 2. The molecule has 2 aromatic rings. The second-order valence-electron chi connectivity index (χ2n) is 6.20. The summed E-state index contributed by atoms with van der Waals surface area (Å²) < 4.78 is 0. The fourth-order valence-corrected chi connectivity index (χ4v) is 2.87. The zero-order valence-electron chi connectivity index (χ0n) is 14.6. The molecule has 1 fully saturated rings. The normalized spacial score (nSPS) is 13.5. The molecule has 1 saturated heterocycles. The zero-order valence-corrected chi connectivity index (χ0v) is 14.6. The number of aromatic nitrogens is 2. The van der Waals surface area contributed by atoms with Crippen LogP contribution in [-0.4, -0.2) is 46.3 Å². The van der Waals surface area contributed by atoms with Crippen LogP contribution < -0.4 is 10.6 Å². The van der Waals surface area contributed by atoms with Gasteiger partial charge in [0.15, 0.2) is 0 Å². The lowest BCUT2D eigenvalue weighted by Gasteiger charge is -2.15. The second kappa shape index (κ2) is 8.94. The average molecular weight is 353 g/mol. The van der Waals surface area contributed by atoms with Crippen LogP contribution in [0, 0.1) is 0 Å². The van der Waals surface area contributed by atoms with Crippen molar-refractivity contribution in [2.45, 2.75) is 25.8 Å². The molecule has 1 aliphatic rings. The largest absolute Gasteiger partial charge is 0.384 e. The number of nitrogens with one attached hydrogen (secondary N) is 2. The molecule has 2 amide bonds. The molecule has 3 rings (SSSR count). The van der Waals surface area contributed by atoms with E-state index in [-0.39, 0.29) is 11.8 Å². The number of pyridine rings is 2. The van der Waals surface area contributed by atoms with Gasteiger partial charge in [-0.3, -0.25) is 19.6 Å².